The van der Waals surface area contributed by atoms with Crippen molar-refractivity contribution >= 4 is 23.4 Å². The van der Waals surface area contributed by atoms with Crippen LogP contribution in [-0.4, -0.2) is 35.3 Å². The van der Waals surface area contributed by atoms with Crippen LogP contribution in [0.3, 0.4) is 0 Å². The highest BCUT2D eigenvalue weighted by molar-refractivity contribution is 6.23. The zero-order chi connectivity index (χ0) is 24.2. The molecule has 174 valence electrons. The Kier molecular flexibility index (Phi) is 6.67. The molecule has 1 aliphatic heterocycles. The van der Waals surface area contributed by atoms with Gasteiger partial charge in [-0.15, -0.1) is 0 Å². The van der Waals surface area contributed by atoms with Gasteiger partial charge in [-0.3, -0.25) is 14.4 Å². The zero-order valence-electron chi connectivity index (χ0n) is 18.4. The summed E-state index contributed by atoms with van der Waals surface area (Å²) in [4.78, 5) is 41.7. The largest absolute Gasteiger partial charge is 0.494 e. The number of ether oxygens (including phenoxy) is 1. The molecule has 0 N–H and O–H groups in total. The van der Waals surface area contributed by atoms with E-state index in [-0.39, 0.29) is 18.5 Å². The van der Waals surface area contributed by atoms with Gasteiger partial charge in [0.1, 0.15) is 23.4 Å². The van der Waals surface area contributed by atoms with E-state index in [1.54, 1.807) is 24.3 Å². The minimum absolute atomic E-state index is 0.103. The lowest BCUT2D eigenvalue weighted by molar-refractivity contribution is -0.122. The highest BCUT2D eigenvalue weighted by atomic mass is 19.1. The maximum Gasteiger partial charge on any atom is 0.257 e. The van der Waals surface area contributed by atoms with Gasteiger partial charge in [-0.05, 0) is 61.0 Å². The topological polar surface area (TPSA) is 66.9 Å². The van der Waals surface area contributed by atoms with Gasteiger partial charge in [-0.1, -0.05) is 24.3 Å². The van der Waals surface area contributed by atoms with Crippen molar-refractivity contribution in [2.45, 2.75) is 25.9 Å². The van der Waals surface area contributed by atoms with Crippen LogP contribution >= 0.6 is 0 Å². The predicted octanol–water partition coefficient (Wildman–Crippen LogP) is 4.34. The Morgan fingerprint density at radius 3 is 2.32 bits per heavy atom. The highest BCUT2D eigenvalue weighted by Crippen LogP contribution is 2.29. The molecule has 0 saturated carbocycles. The molecule has 34 heavy (non-hydrogen) atoms. The number of hydrogen-bond donors (Lipinski definition) is 0. The Bertz CT molecular complexity index is 1210. The van der Waals surface area contributed by atoms with Crippen LogP contribution in [0, 0.1) is 11.6 Å². The Hall–Kier alpha value is -4.07. The van der Waals surface area contributed by atoms with Crippen molar-refractivity contribution in [3.8, 4) is 5.75 Å². The summed E-state index contributed by atoms with van der Waals surface area (Å²) in [6.07, 6.45) is -0.257. The number of carbonyl (C=O) groups excluding carboxylic acids is 3. The molecule has 1 unspecified atom stereocenters. The predicted molar refractivity (Wildman–Crippen MR) is 121 cm³/mol. The lowest BCUT2D eigenvalue weighted by Gasteiger charge is -2.28. The number of carbonyl (C=O) groups is 3. The van der Waals surface area contributed by atoms with Crippen molar-refractivity contribution in [3.05, 3.63) is 95.6 Å². The van der Waals surface area contributed by atoms with Crippen LogP contribution in [0.5, 0.6) is 5.75 Å². The van der Waals surface area contributed by atoms with Crippen LogP contribution < -0.4 is 9.64 Å². The van der Waals surface area contributed by atoms with Crippen LogP contribution in [0.2, 0.25) is 0 Å². The molecule has 0 bridgehead atoms. The number of amides is 3. The smallest absolute Gasteiger partial charge is 0.257 e. The second-order valence-electron chi connectivity index (χ2n) is 7.75. The third-order valence-electron chi connectivity index (χ3n) is 5.54. The number of halogens is 2. The molecule has 3 aromatic carbocycles. The number of anilines is 1. The van der Waals surface area contributed by atoms with Crippen molar-refractivity contribution in [3.63, 3.8) is 0 Å². The van der Waals surface area contributed by atoms with Gasteiger partial charge in [0, 0.05) is 6.54 Å². The lowest BCUT2D eigenvalue weighted by atomic mass is 10.1. The molecule has 3 aromatic rings. The van der Waals surface area contributed by atoms with Gasteiger partial charge >= 0.3 is 0 Å². The molecule has 0 radical (unpaired) electrons. The van der Waals surface area contributed by atoms with Crippen molar-refractivity contribution < 1.29 is 27.9 Å². The Morgan fingerprint density at radius 1 is 1.00 bits per heavy atom. The van der Waals surface area contributed by atoms with E-state index in [0.717, 1.165) is 11.0 Å². The molecule has 4 rings (SSSR count). The third kappa shape index (κ3) is 4.66. The van der Waals surface area contributed by atoms with E-state index in [9.17, 15) is 23.2 Å². The van der Waals surface area contributed by atoms with Crippen LogP contribution in [0.1, 0.15) is 29.3 Å². The number of imide groups is 1. The normalized spacial score (nSPS) is 15.5. The van der Waals surface area contributed by atoms with Gasteiger partial charge in [-0.25, -0.2) is 13.7 Å². The standard InChI is InChI=1S/C26H22F2N2O4/c1-2-34-20-13-11-19(12-14-20)30-24(31)15-23(26(30)33)29(16-17-7-9-18(27)10-8-17)25(32)21-5-3-4-6-22(21)28/h3-14,23H,2,15-16H2,1H3. The molecule has 3 amide bonds. The first-order valence-electron chi connectivity index (χ1n) is 10.8. The third-order valence-corrected chi connectivity index (χ3v) is 5.54. The van der Waals surface area contributed by atoms with Gasteiger partial charge in [0.2, 0.25) is 5.91 Å². The van der Waals surface area contributed by atoms with Gasteiger partial charge in [0.15, 0.2) is 0 Å². The van der Waals surface area contributed by atoms with Crippen molar-refractivity contribution in [2.24, 2.45) is 0 Å². The fourth-order valence-corrected chi connectivity index (χ4v) is 3.89. The van der Waals surface area contributed by atoms with E-state index in [2.05, 4.69) is 0 Å². The minimum Gasteiger partial charge on any atom is -0.494 e. The highest BCUT2D eigenvalue weighted by Gasteiger charge is 2.44. The summed E-state index contributed by atoms with van der Waals surface area (Å²) in [7, 11) is 0. The molecule has 1 fully saturated rings. The van der Waals surface area contributed by atoms with Crippen LogP contribution in [0.4, 0.5) is 14.5 Å². The summed E-state index contributed by atoms with van der Waals surface area (Å²) in [6, 6.07) is 16.2. The Morgan fingerprint density at radius 2 is 1.68 bits per heavy atom. The molecule has 6 nitrogen and oxygen atoms in total. The van der Waals surface area contributed by atoms with Gasteiger partial charge in [0.25, 0.3) is 11.8 Å². The van der Waals surface area contributed by atoms with E-state index < -0.39 is 35.4 Å². The molecule has 1 heterocycles. The summed E-state index contributed by atoms with van der Waals surface area (Å²) < 4.78 is 33.2. The van der Waals surface area contributed by atoms with E-state index in [0.29, 0.717) is 23.6 Å². The average molecular weight is 464 g/mol. The minimum atomic E-state index is -1.14. The number of benzene rings is 3. The van der Waals surface area contributed by atoms with Crippen LogP contribution in [0.15, 0.2) is 72.8 Å². The first-order chi connectivity index (χ1) is 16.4. The number of hydrogen-bond acceptors (Lipinski definition) is 4. The van der Waals surface area contributed by atoms with E-state index in [4.69, 9.17) is 4.74 Å². The van der Waals surface area contributed by atoms with Gasteiger partial charge in [0.05, 0.1) is 24.3 Å². The quantitative estimate of drug-likeness (QED) is 0.488. The summed E-state index contributed by atoms with van der Waals surface area (Å²) in [5.74, 6) is -2.41. The van der Waals surface area contributed by atoms with Crippen LogP contribution in [0.25, 0.3) is 0 Å². The molecule has 1 atom stereocenters. The number of nitrogens with zero attached hydrogens (tertiary/aromatic N) is 2. The maximum atomic E-state index is 14.4. The molecule has 1 aliphatic rings. The monoisotopic (exact) mass is 464 g/mol. The van der Waals surface area contributed by atoms with Crippen molar-refractivity contribution in [2.75, 3.05) is 11.5 Å². The van der Waals surface area contributed by atoms with Gasteiger partial charge < -0.3 is 9.64 Å². The zero-order valence-corrected chi connectivity index (χ0v) is 18.4. The molecular weight excluding hydrogens is 442 g/mol. The Balaban J connectivity index is 1.67. The summed E-state index contributed by atoms with van der Waals surface area (Å²) >= 11 is 0. The van der Waals surface area contributed by atoms with Crippen molar-refractivity contribution in [1.82, 2.24) is 4.90 Å². The lowest BCUT2D eigenvalue weighted by Crippen LogP contribution is -2.45. The second-order valence-corrected chi connectivity index (χ2v) is 7.75. The SMILES string of the molecule is CCOc1ccc(N2C(=O)CC(N(Cc3ccc(F)cc3)C(=O)c3ccccc3F)C2=O)cc1. The average Bonchev–Trinajstić information content (AvgIpc) is 3.13. The Labute approximate surface area is 195 Å². The molecular formula is C26H22F2N2O4. The fraction of sp³-hybridized carbons (Fsp3) is 0.192. The molecule has 1 saturated heterocycles. The molecule has 0 spiro atoms. The van der Waals surface area contributed by atoms with Gasteiger partial charge in [-0.2, -0.15) is 0 Å². The van der Waals surface area contributed by atoms with E-state index in [1.807, 2.05) is 6.92 Å². The van der Waals surface area contributed by atoms with E-state index >= 15 is 0 Å². The molecule has 0 aromatic heterocycles. The molecule has 0 aliphatic carbocycles. The van der Waals surface area contributed by atoms with Crippen molar-refractivity contribution in [1.29, 1.82) is 0 Å². The fourth-order valence-electron chi connectivity index (χ4n) is 3.89. The summed E-state index contributed by atoms with van der Waals surface area (Å²) in [5, 5.41) is 0. The van der Waals surface area contributed by atoms with E-state index in [1.165, 1.54) is 47.4 Å². The second kappa shape index (κ2) is 9.82. The van der Waals surface area contributed by atoms with Crippen LogP contribution in [-0.2, 0) is 16.1 Å². The summed E-state index contributed by atoms with van der Waals surface area (Å²) in [6.45, 7) is 2.21. The summed E-state index contributed by atoms with van der Waals surface area (Å²) in [5.41, 5.74) is 0.663. The number of rotatable bonds is 7. The molecule has 8 heteroatoms. The first kappa shape index (κ1) is 23.1. The maximum absolute atomic E-state index is 14.4. The first-order valence-corrected chi connectivity index (χ1v) is 10.8.